The zero-order chi connectivity index (χ0) is 25.7. The second-order valence-corrected chi connectivity index (χ2v) is 9.98. The van der Waals surface area contributed by atoms with E-state index in [9.17, 15) is 14.4 Å². The third kappa shape index (κ3) is 4.24. The zero-order valence-corrected chi connectivity index (χ0v) is 20.8. The van der Waals surface area contributed by atoms with Crippen LogP contribution in [0.2, 0.25) is 0 Å². The lowest BCUT2D eigenvalue weighted by atomic mass is 9.95. The van der Waals surface area contributed by atoms with E-state index in [0.29, 0.717) is 60.2 Å². The first-order valence-corrected chi connectivity index (χ1v) is 12.5. The Hall–Kier alpha value is -4.14. The molecule has 2 N–H and O–H groups in total. The maximum atomic E-state index is 13.6. The number of pyridine rings is 1. The van der Waals surface area contributed by atoms with E-state index in [-0.39, 0.29) is 17.7 Å². The first kappa shape index (κ1) is 23.3. The fourth-order valence-electron chi connectivity index (χ4n) is 5.31. The second-order valence-electron chi connectivity index (χ2n) is 9.98. The van der Waals surface area contributed by atoms with Crippen LogP contribution >= 0.6 is 0 Å². The summed E-state index contributed by atoms with van der Waals surface area (Å²) in [5.74, 6) is 1.02. The summed E-state index contributed by atoms with van der Waals surface area (Å²) in [6, 6.07) is 10.7. The SMILES string of the molecule is COc1cc(C(=O)N2CCC3(CC2)NC(=O)c2cc(NC(C)=O)ccc2O3)cc2c(C3CC3)nccc12. The smallest absolute Gasteiger partial charge is 0.258 e. The van der Waals surface area contributed by atoms with Gasteiger partial charge in [0.25, 0.3) is 11.8 Å². The normalized spacial score (nSPS) is 18.1. The molecule has 3 heterocycles. The Bertz CT molecular complexity index is 1440. The lowest BCUT2D eigenvalue weighted by molar-refractivity contribution is -0.114. The fraction of sp³-hybridized carbons (Fsp3) is 0.357. The number of hydrogen-bond acceptors (Lipinski definition) is 6. The second kappa shape index (κ2) is 8.76. The summed E-state index contributed by atoms with van der Waals surface area (Å²) in [5, 5.41) is 7.61. The van der Waals surface area contributed by atoms with Crippen LogP contribution in [0, 0.1) is 0 Å². The van der Waals surface area contributed by atoms with Crippen molar-refractivity contribution in [1.82, 2.24) is 15.2 Å². The molecule has 0 atom stereocenters. The van der Waals surface area contributed by atoms with Crippen LogP contribution in [0.4, 0.5) is 5.69 Å². The molecule has 3 aromatic rings. The van der Waals surface area contributed by atoms with Crippen LogP contribution in [0.1, 0.15) is 64.9 Å². The molecule has 2 fully saturated rings. The maximum absolute atomic E-state index is 13.6. The number of aromatic nitrogens is 1. The topological polar surface area (TPSA) is 110 Å². The number of carbonyl (C=O) groups excluding carboxylic acids is 3. The summed E-state index contributed by atoms with van der Waals surface area (Å²) in [4.78, 5) is 44.2. The third-order valence-corrected chi connectivity index (χ3v) is 7.35. The van der Waals surface area contributed by atoms with Gasteiger partial charge in [0.2, 0.25) is 5.91 Å². The van der Waals surface area contributed by atoms with Gasteiger partial charge in [-0.3, -0.25) is 19.4 Å². The number of likely N-dealkylation sites (tertiary alicyclic amines) is 1. The highest BCUT2D eigenvalue weighted by Gasteiger charge is 2.43. The molecule has 2 aromatic carbocycles. The van der Waals surface area contributed by atoms with E-state index in [4.69, 9.17) is 9.47 Å². The maximum Gasteiger partial charge on any atom is 0.258 e. The summed E-state index contributed by atoms with van der Waals surface area (Å²) in [7, 11) is 1.62. The Balaban J connectivity index is 1.21. The lowest BCUT2D eigenvalue weighted by Gasteiger charge is -2.44. The molecule has 190 valence electrons. The van der Waals surface area contributed by atoms with Crippen molar-refractivity contribution >= 4 is 34.2 Å². The molecular weight excluding hydrogens is 472 g/mol. The van der Waals surface area contributed by atoms with E-state index in [1.807, 2.05) is 12.1 Å². The summed E-state index contributed by atoms with van der Waals surface area (Å²) < 4.78 is 11.9. The minimum atomic E-state index is -0.874. The molecule has 0 radical (unpaired) electrons. The van der Waals surface area contributed by atoms with Crippen molar-refractivity contribution in [3.63, 3.8) is 0 Å². The molecular formula is C28H28N4O5. The number of rotatable bonds is 4. The van der Waals surface area contributed by atoms with Crippen LogP contribution in [0.15, 0.2) is 42.6 Å². The Morgan fingerprint density at radius 3 is 2.62 bits per heavy atom. The van der Waals surface area contributed by atoms with Gasteiger partial charge in [0, 0.05) is 67.0 Å². The number of carbonyl (C=O) groups is 3. The van der Waals surface area contributed by atoms with E-state index >= 15 is 0 Å². The highest BCUT2D eigenvalue weighted by atomic mass is 16.5. The first-order valence-electron chi connectivity index (χ1n) is 12.5. The lowest BCUT2D eigenvalue weighted by Crippen LogP contribution is -2.61. The molecule has 0 unspecified atom stereocenters. The Morgan fingerprint density at radius 2 is 1.92 bits per heavy atom. The van der Waals surface area contributed by atoms with Gasteiger partial charge in [-0.2, -0.15) is 0 Å². The summed E-state index contributed by atoms with van der Waals surface area (Å²) in [6.07, 6.45) is 4.95. The molecule has 9 heteroatoms. The van der Waals surface area contributed by atoms with E-state index in [1.54, 1.807) is 42.5 Å². The number of methoxy groups -OCH3 is 1. The van der Waals surface area contributed by atoms with Gasteiger partial charge < -0.3 is 25.0 Å². The standard InChI is InChI=1S/C28H28N4O5/c1-16(33)30-19-5-6-23-22(15-19)26(34)31-28(37-23)8-11-32(12-9-28)27(35)18-13-21-20(24(14-18)36-2)7-10-29-25(21)17-3-4-17/h5-7,10,13-15,17H,3-4,8-9,11-12H2,1-2H3,(H,30,33)(H,31,34). The van der Waals surface area contributed by atoms with Gasteiger partial charge in [0.15, 0.2) is 5.72 Å². The predicted octanol–water partition coefficient (Wildman–Crippen LogP) is 3.83. The van der Waals surface area contributed by atoms with Crippen molar-refractivity contribution in [3.8, 4) is 11.5 Å². The number of amides is 3. The molecule has 1 saturated carbocycles. The van der Waals surface area contributed by atoms with Gasteiger partial charge >= 0.3 is 0 Å². The van der Waals surface area contributed by atoms with Gasteiger partial charge in [-0.25, -0.2) is 0 Å². The van der Waals surface area contributed by atoms with Gasteiger partial charge in [-0.1, -0.05) is 0 Å². The number of nitrogens with one attached hydrogen (secondary N) is 2. The molecule has 3 aliphatic rings. The van der Waals surface area contributed by atoms with Crippen molar-refractivity contribution in [2.24, 2.45) is 0 Å². The molecule has 1 aromatic heterocycles. The molecule has 0 bridgehead atoms. The van der Waals surface area contributed by atoms with Gasteiger partial charge in [-0.05, 0) is 49.2 Å². The molecule has 3 amide bonds. The van der Waals surface area contributed by atoms with Crippen molar-refractivity contribution in [2.45, 2.75) is 44.2 Å². The quantitative estimate of drug-likeness (QED) is 0.564. The van der Waals surface area contributed by atoms with Crippen LogP contribution in [0.5, 0.6) is 11.5 Å². The van der Waals surface area contributed by atoms with E-state index in [1.165, 1.54) is 6.92 Å². The Morgan fingerprint density at radius 1 is 1.14 bits per heavy atom. The first-order chi connectivity index (χ1) is 17.9. The van der Waals surface area contributed by atoms with Gasteiger partial charge in [-0.15, -0.1) is 0 Å². The van der Waals surface area contributed by atoms with Crippen LogP contribution < -0.4 is 20.1 Å². The summed E-state index contributed by atoms with van der Waals surface area (Å²) in [5.41, 5.74) is 1.63. The average molecular weight is 501 g/mol. The van der Waals surface area contributed by atoms with Crippen molar-refractivity contribution in [3.05, 3.63) is 59.4 Å². The number of nitrogens with zero attached hydrogens (tertiary/aromatic N) is 2. The van der Waals surface area contributed by atoms with Crippen LogP contribution in [0.25, 0.3) is 10.8 Å². The summed E-state index contributed by atoms with van der Waals surface area (Å²) in [6.45, 7) is 2.28. The predicted molar refractivity (Wildman–Crippen MR) is 137 cm³/mol. The van der Waals surface area contributed by atoms with Gasteiger partial charge in [0.1, 0.15) is 11.5 Å². The molecule has 9 nitrogen and oxygen atoms in total. The molecule has 37 heavy (non-hydrogen) atoms. The number of piperidine rings is 1. The third-order valence-electron chi connectivity index (χ3n) is 7.35. The number of ether oxygens (including phenoxy) is 2. The molecule has 2 aliphatic heterocycles. The number of benzene rings is 2. The van der Waals surface area contributed by atoms with Crippen molar-refractivity contribution < 1.29 is 23.9 Å². The number of hydrogen-bond donors (Lipinski definition) is 2. The van der Waals surface area contributed by atoms with Crippen molar-refractivity contribution in [1.29, 1.82) is 0 Å². The van der Waals surface area contributed by atoms with Crippen LogP contribution in [-0.2, 0) is 4.79 Å². The fourth-order valence-corrected chi connectivity index (χ4v) is 5.31. The van der Waals surface area contributed by atoms with E-state index in [0.717, 1.165) is 29.3 Å². The number of anilines is 1. The van der Waals surface area contributed by atoms with E-state index < -0.39 is 5.72 Å². The summed E-state index contributed by atoms with van der Waals surface area (Å²) >= 11 is 0. The average Bonchev–Trinajstić information content (AvgIpc) is 3.73. The monoisotopic (exact) mass is 500 g/mol. The highest BCUT2D eigenvalue weighted by Crippen LogP contribution is 2.43. The number of fused-ring (bicyclic) bond motifs is 2. The van der Waals surface area contributed by atoms with Crippen LogP contribution in [-0.4, -0.2) is 53.5 Å². The minimum absolute atomic E-state index is 0.0804. The minimum Gasteiger partial charge on any atom is -0.496 e. The largest absolute Gasteiger partial charge is 0.496 e. The zero-order valence-electron chi connectivity index (χ0n) is 20.8. The molecule has 6 rings (SSSR count). The highest BCUT2D eigenvalue weighted by molar-refractivity contribution is 6.02. The Kier molecular flexibility index (Phi) is 5.51. The molecule has 1 aliphatic carbocycles. The molecule has 1 spiro atoms. The molecule has 1 saturated heterocycles. The Labute approximate surface area is 214 Å². The van der Waals surface area contributed by atoms with Crippen molar-refractivity contribution in [2.75, 3.05) is 25.5 Å². The van der Waals surface area contributed by atoms with E-state index in [2.05, 4.69) is 15.6 Å². The van der Waals surface area contributed by atoms with Crippen LogP contribution in [0.3, 0.4) is 0 Å². The van der Waals surface area contributed by atoms with Gasteiger partial charge in [0.05, 0.1) is 18.4 Å².